The van der Waals surface area contributed by atoms with Crippen LogP contribution in [-0.2, 0) is 11.2 Å². The number of rotatable bonds is 4. The molecule has 5 nitrogen and oxygen atoms in total. The first-order valence-corrected chi connectivity index (χ1v) is 5.97. The molecule has 0 fully saturated rings. The van der Waals surface area contributed by atoms with Crippen LogP contribution in [-0.4, -0.2) is 34.4 Å². The fraction of sp³-hybridized carbons (Fsp3) is 0.462. The number of hydrogen-bond donors (Lipinski definition) is 0. The summed E-state index contributed by atoms with van der Waals surface area (Å²) in [6.07, 6.45) is 5.93. The maximum Gasteiger partial charge on any atom is 0.276 e. The molecule has 0 saturated heterocycles. The van der Waals surface area contributed by atoms with Crippen LogP contribution >= 0.6 is 0 Å². The molecular weight excluding hydrogens is 230 g/mol. The Morgan fingerprint density at radius 3 is 3.00 bits per heavy atom. The lowest BCUT2D eigenvalue weighted by atomic mass is 9.92. The summed E-state index contributed by atoms with van der Waals surface area (Å²) in [5.74, 6) is 0.791. The summed E-state index contributed by atoms with van der Waals surface area (Å²) in [6.45, 7) is 4.56. The van der Waals surface area contributed by atoms with Crippen molar-refractivity contribution in [2.45, 2.75) is 20.3 Å². The van der Waals surface area contributed by atoms with Gasteiger partial charge in [-0.3, -0.25) is 4.79 Å². The fourth-order valence-corrected chi connectivity index (χ4v) is 2.13. The smallest absolute Gasteiger partial charge is 0.276 e. The Balaban J connectivity index is 2.38. The molecular formula is C13H17N3O2. The van der Waals surface area contributed by atoms with E-state index in [1.165, 1.54) is 11.0 Å². The third-order valence-corrected chi connectivity index (χ3v) is 2.89. The Bertz CT molecular complexity index is 512. The van der Waals surface area contributed by atoms with E-state index in [9.17, 15) is 4.79 Å². The minimum Gasteiger partial charge on any atom is -0.381 e. The first-order valence-electron chi connectivity index (χ1n) is 5.97. The first kappa shape index (κ1) is 12.7. The van der Waals surface area contributed by atoms with Crippen LogP contribution in [0.15, 0.2) is 29.6 Å². The van der Waals surface area contributed by atoms with Crippen LogP contribution in [0.3, 0.4) is 0 Å². The Morgan fingerprint density at radius 1 is 1.56 bits per heavy atom. The molecule has 5 heteroatoms. The standard InChI is InChI=1S/C13H17N3O2/c1-9(2)12-10(5-4-6-18-3)7-11-14-8-15-16(11)13(12)17/h4-5,8-9H,6-7H2,1-3H3/b5-4+. The van der Waals surface area contributed by atoms with E-state index in [0.29, 0.717) is 18.9 Å². The van der Waals surface area contributed by atoms with Gasteiger partial charge >= 0.3 is 0 Å². The van der Waals surface area contributed by atoms with Crippen molar-refractivity contribution in [3.63, 3.8) is 0 Å². The first-order chi connectivity index (χ1) is 8.65. The van der Waals surface area contributed by atoms with Gasteiger partial charge in [-0.25, -0.2) is 4.98 Å². The van der Waals surface area contributed by atoms with E-state index in [2.05, 4.69) is 10.1 Å². The average molecular weight is 247 g/mol. The maximum absolute atomic E-state index is 12.3. The zero-order valence-electron chi connectivity index (χ0n) is 10.9. The lowest BCUT2D eigenvalue weighted by Crippen LogP contribution is -2.27. The normalized spacial score (nSPS) is 15.9. The summed E-state index contributed by atoms with van der Waals surface area (Å²) in [4.78, 5) is 16.4. The molecule has 0 N–H and O–H groups in total. The molecule has 2 heterocycles. The third-order valence-electron chi connectivity index (χ3n) is 2.89. The molecule has 0 atom stereocenters. The van der Waals surface area contributed by atoms with Gasteiger partial charge in [-0.05, 0) is 11.5 Å². The number of allylic oxidation sites excluding steroid dienone is 3. The Morgan fingerprint density at radius 2 is 2.33 bits per heavy atom. The molecule has 0 aliphatic carbocycles. The van der Waals surface area contributed by atoms with E-state index in [4.69, 9.17) is 4.74 Å². The number of hydrogen-bond acceptors (Lipinski definition) is 4. The second-order valence-corrected chi connectivity index (χ2v) is 4.52. The quantitative estimate of drug-likeness (QED) is 0.811. The molecule has 0 bridgehead atoms. The van der Waals surface area contributed by atoms with Crippen LogP contribution < -0.4 is 0 Å². The van der Waals surface area contributed by atoms with Crippen molar-refractivity contribution in [1.82, 2.24) is 14.8 Å². The lowest BCUT2D eigenvalue weighted by molar-refractivity contribution is 0.0920. The van der Waals surface area contributed by atoms with Crippen LogP contribution in [0, 0.1) is 5.92 Å². The highest BCUT2D eigenvalue weighted by atomic mass is 16.5. The maximum atomic E-state index is 12.3. The van der Waals surface area contributed by atoms with Crippen LogP contribution in [0.25, 0.3) is 0 Å². The van der Waals surface area contributed by atoms with Gasteiger partial charge in [0.05, 0.1) is 6.61 Å². The number of ether oxygens (including phenoxy) is 1. The van der Waals surface area contributed by atoms with Gasteiger partial charge in [-0.1, -0.05) is 26.0 Å². The minimum absolute atomic E-state index is 0.0687. The highest BCUT2D eigenvalue weighted by Crippen LogP contribution is 2.25. The minimum atomic E-state index is -0.0687. The van der Waals surface area contributed by atoms with Crippen molar-refractivity contribution in [3.05, 3.63) is 35.4 Å². The van der Waals surface area contributed by atoms with Gasteiger partial charge in [-0.2, -0.15) is 9.78 Å². The molecule has 18 heavy (non-hydrogen) atoms. The van der Waals surface area contributed by atoms with Crippen molar-refractivity contribution < 1.29 is 9.53 Å². The predicted molar refractivity (Wildman–Crippen MR) is 67.2 cm³/mol. The van der Waals surface area contributed by atoms with Crippen molar-refractivity contribution in [2.75, 3.05) is 13.7 Å². The van der Waals surface area contributed by atoms with E-state index in [1.807, 2.05) is 26.0 Å². The molecule has 0 saturated carbocycles. The molecule has 1 aromatic heterocycles. The summed E-state index contributed by atoms with van der Waals surface area (Å²) in [6, 6.07) is 0. The van der Waals surface area contributed by atoms with E-state index >= 15 is 0 Å². The van der Waals surface area contributed by atoms with Gasteiger partial charge in [0.2, 0.25) is 0 Å². The van der Waals surface area contributed by atoms with Crippen molar-refractivity contribution in [3.8, 4) is 0 Å². The lowest BCUT2D eigenvalue weighted by Gasteiger charge is -2.20. The monoisotopic (exact) mass is 247 g/mol. The number of carbonyl (C=O) groups excluding carboxylic acids is 1. The van der Waals surface area contributed by atoms with Gasteiger partial charge < -0.3 is 4.74 Å². The Hall–Kier alpha value is -1.75. The van der Waals surface area contributed by atoms with Gasteiger partial charge in [0.1, 0.15) is 12.2 Å². The largest absolute Gasteiger partial charge is 0.381 e. The van der Waals surface area contributed by atoms with Gasteiger partial charge in [0, 0.05) is 19.1 Å². The molecule has 0 radical (unpaired) electrons. The third kappa shape index (κ3) is 2.26. The summed E-state index contributed by atoms with van der Waals surface area (Å²) >= 11 is 0. The molecule has 1 aromatic rings. The SMILES string of the molecule is COC/C=C/C1=C(C(C)C)C(=O)n2ncnc2C1. The molecule has 0 aromatic carbocycles. The van der Waals surface area contributed by atoms with Crippen LogP contribution in [0.2, 0.25) is 0 Å². The number of methoxy groups -OCH3 is 1. The van der Waals surface area contributed by atoms with Crippen molar-refractivity contribution in [2.24, 2.45) is 5.92 Å². The van der Waals surface area contributed by atoms with Crippen molar-refractivity contribution in [1.29, 1.82) is 0 Å². The molecule has 1 aliphatic rings. The van der Waals surface area contributed by atoms with E-state index in [-0.39, 0.29) is 11.8 Å². The van der Waals surface area contributed by atoms with Gasteiger partial charge in [-0.15, -0.1) is 0 Å². The number of nitrogens with zero attached hydrogens (tertiary/aromatic N) is 3. The summed E-state index contributed by atoms with van der Waals surface area (Å²) in [5, 5.41) is 3.97. The second-order valence-electron chi connectivity index (χ2n) is 4.52. The molecule has 1 aliphatic heterocycles. The molecule has 96 valence electrons. The van der Waals surface area contributed by atoms with E-state index in [0.717, 1.165) is 11.1 Å². The highest BCUT2D eigenvalue weighted by Gasteiger charge is 2.27. The summed E-state index contributed by atoms with van der Waals surface area (Å²) < 4.78 is 6.37. The predicted octanol–water partition coefficient (Wildman–Crippen LogP) is 1.63. The fourth-order valence-electron chi connectivity index (χ4n) is 2.13. The van der Waals surface area contributed by atoms with Gasteiger partial charge in [0.15, 0.2) is 0 Å². The zero-order chi connectivity index (χ0) is 13.1. The van der Waals surface area contributed by atoms with Crippen LogP contribution in [0.4, 0.5) is 0 Å². The van der Waals surface area contributed by atoms with E-state index in [1.54, 1.807) is 7.11 Å². The molecule has 0 amide bonds. The molecule has 0 unspecified atom stereocenters. The van der Waals surface area contributed by atoms with Crippen molar-refractivity contribution >= 4 is 5.91 Å². The van der Waals surface area contributed by atoms with E-state index < -0.39 is 0 Å². The Labute approximate surface area is 106 Å². The number of aromatic nitrogens is 3. The molecule has 0 spiro atoms. The Kier molecular flexibility index (Phi) is 3.72. The average Bonchev–Trinajstić information content (AvgIpc) is 2.77. The summed E-state index contributed by atoms with van der Waals surface area (Å²) in [7, 11) is 1.64. The number of fused-ring (bicyclic) bond motifs is 1. The highest BCUT2D eigenvalue weighted by molar-refractivity contribution is 5.97. The second kappa shape index (κ2) is 5.27. The summed E-state index contributed by atoms with van der Waals surface area (Å²) in [5.41, 5.74) is 1.81. The molecule has 2 rings (SSSR count). The van der Waals surface area contributed by atoms with Crippen LogP contribution in [0.5, 0.6) is 0 Å². The van der Waals surface area contributed by atoms with Gasteiger partial charge in [0.25, 0.3) is 5.91 Å². The van der Waals surface area contributed by atoms with Crippen LogP contribution in [0.1, 0.15) is 24.5 Å². The number of carbonyl (C=O) groups is 1. The topological polar surface area (TPSA) is 57.0 Å². The zero-order valence-corrected chi connectivity index (χ0v) is 10.9.